The average Bonchev–Trinajstić information content (AvgIpc) is 3.26. The summed E-state index contributed by atoms with van der Waals surface area (Å²) in [5.41, 5.74) is 3.49. The van der Waals surface area contributed by atoms with Crippen molar-refractivity contribution in [1.82, 2.24) is 0 Å². The second kappa shape index (κ2) is 7.90. The van der Waals surface area contributed by atoms with Crippen LogP contribution in [0.2, 0.25) is 0 Å². The van der Waals surface area contributed by atoms with E-state index >= 15 is 0 Å². The molecule has 0 aliphatic carbocycles. The lowest BCUT2D eigenvalue weighted by Crippen LogP contribution is -2.29. The molecule has 3 aromatic carbocycles. The van der Waals surface area contributed by atoms with Gasteiger partial charge in [-0.3, -0.25) is 9.69 Å². The molecule has 2 aliphatic heterocycles. The van der Waals surface area contributed by atoms with Crippen molar-refractivity contribution in [2.45, 2.75) is 11.8 Å². The minimum atomic E-state index is -0.320. The van der Waals surface area contributed by atoms with Gasteiger partial charge < -0.3 is 4.90 Å². The van der Waals surface area contributed by atoms with Crippen LogP contribution in [0.25, 0.3) is 0 Å². The van der Waals surface area contributed by atoms with Gasteiger partial charge in [0.15, 0.2) is 5.17 Å². The van der Waals surface area contributed by atoms with Crippen molar-refractivity contribution in [3.63, 3.8) is 0 Å². The number of halogens is 1. The van der Waals surface area contributed by atoms with Crippen LogP contribution in [0.5, 0.6) is 0 Å². The van der Waals surface area contributed by atoms with Crippen molar-refractivity contribution >= 4 is 51.7 Å². The lowest BCUT2D eigenvalue weighted by Gasteiger charge is -2.17. The first kappa shape index (κ1) is 19.9. The number of thioether (sulfide) groups is 2. The zero-order valence-electron chi connectivity index (χ0n) is 16.9. The molecule has 2 heterocycles. The molecule has 0 saturated carbocycles. The molecule has 31 heavy (non-hydrogen) atoms. The van der Waals surface area contributed by atoms with E-state index in [1.807, 2.05) is 56.4 Å². The van der Waals surface area contributed by atoms with Crippen LogP contribution >= 0.6 is 23.5 Å². The number of amidine groups is 1. The number of fused-ring (bicyclic) bond motifs is 1. The average molecular weight is 448 g/mol. The smallest absolute Gasteiger partial charge is 0.274 e. The van der Waals surface area contributed by atoms with E-state index in [9.17, 15) is 9.18 Å². The zero-order valence-corrected chi connectivity index (χ0v) is 18.5. The van der Waals surface area contributed by atoms with Crippen LogP contribution in [0.4, 0.5) is 21.5 Å². The van der Waals surface area contributed by atoms with Gasteiger partial charge in [-0.05, 0) is 72.8 Å². The molecule has 5 rings (SSSR count). The summed E-state index contributed by atoms with van der Waals surface area (Å²) in [6, 6.07) is 21.8. The van der Waals surface area contributed by atoms with Crippen LogP contribution in [0.1, 0.15) is 5.56 Å². The van der Waals surface area contributed by atoms with Gasteiger partial charge in [0, 0.05) is 11.9 Å². The largest absolute Gasteiger partial charge is 0.337 e. The first-order chi connectivity index (χ1) is 15.0. The monoisotopic (exact) mass is 447 g/mol. The maximum Gasteiger partial charge on any atom is 0.274 e. The third-order valence-corrected chi connectivity index (χ3v) is 7.42. The molecule has 0 N–H and O–H groups in total. The molecule has 0 spiro atoms. The molecule has 0 bridgehead atoms. The third kappa shape index (κ3) is 3.64. The number of amides is 1. The Morgan fingerprint density at radius 3 is 2.45 bits per heavy atom. The minimum Gasteiger partial charge on any atom is -0.337 e. The molecule has 1 saturated heterocycles. The number of carbonyl (C=O) groups is 1. The van der Waals surface area contributed by atoms with Crippen molar-refractivity contribution in [2.75, 3.05) is 16.8 Å². The molecule has 0 radical (unpaired) electrons. The van der Waals surface area contributed by atoms with Gasteiger partial charge in [0.05, 0.1) is 22.1 Å². The van der Waals surface area contributed by atoms with Crippen LogP contribution in [-0.2, 0) is 4.79 Å². The number of rotatable bonds is 2. The molecule has 1 fully saturated rings. The van der Waals surface area contributed by atoms with Crippen LogP contribution in [-0.4, -0.2) is 18.1 Å². The fourth-order valence-electron chi connectivity index (χ4n) is 3.50. The van der Waals surface area contributed by atoms with E-state index in [2.05, 4.69) is 16.0 Å². The number of carbonyl (C=O) groups excluding carboxylic acids is 1. The van der Waals surface area contributed by atoms with E-state index in [0.29, 0.717) is 15.8 Å². The fourth-order valence-corrected chi connectivity index (χ4v) is 5.84. The Labute approximate surface area is 188 Å². The number of hydrogen-bond acceptors (Lipinski definition) is 5. The SMILES string of the molecule is Cc1cccc(N2C(=O)C(=C3Sc4ccccc4N3C)SC2=Nc2ccc(F)cc2)c1. The zero-order chi connectivity index (χ0) is 21.5. The lowest BCUT2D eigenvalue weighted by molar-refractivity contribution is -0.113. The molecule has 7 heteroatoms. The number of hydrogen-bond donors (Lipinski definition) is 0. The van der Waals surface area contributed by atoms with Gasteiger partial charge in [-0.15, -0.1) is 0 Å². The predicted molar refractivity (Wildman–Crippen MR) is 127 cm³/mol. The molecular formula is C24H18FN3OS2. The Kier molecular flexibility index (Phi) is 5.08. The van der Waals surface area contributed by atoms with E-state index in [1.165, 1.54) is 23.9 Å². The van der Waals surface area contributed by atoms with E-state index < -0.39 is 0 Å². The van der Waals surface area contributed by atoms with Gasteiger partial charge in [0.1, 0.15) is 10.7 Å². The van der Waals surface area contributed by atoms with Crippen molar-refractivity contribution in [3.8, 4) is 0 Å². The van der Waals surface area contributed by atoms with Gasteiger partial charge in [-0.25, -0.2) is 9.38 Å². The highest BCUT2D eigenvalue weighted by Crippen LogP contribution is 2.50. The second-order valence-corrected chi connectivity index (χ2v) is 9.22. The van der Waals surface area contributed by atoms with Gasteiger partial charge >= 0.3 is 0 Å². The van der Waals surface area contributed by atoms with Gasteiger partial charge in [0.25, 0.3) is 5.91 Å². The van der Waals surface area contributed by atoms with Crippen molar-refractivity contribution in [1.29, 1.82) is 0 Å². The van der Waals surface area contributed by atoms with Gasteiger partial charge in [0.2, 0.25) is 0 Å². The van der Waals surface area contributed by atoms with Crippen molar-refractivity contribution in [3.05, 3.63) is 94.1 Å². The van der Waals surface area contributed by atoms with Crippen molar-refractivity contribution in [2.24, 2.45) is 4.99 Å². The van der Waals surface area contributed by atoms with E-state index in [0.717, 1.165) is 26.9 Å². The third-order valence-electron chi connectivity index (χ3n) is 5.03. The number of benzene rings is 3. The summed E-state index contributed by atoms with van der Waals surface area (Å²) < 4.78 is 13.4. The first-order valence-electron chi connectivity index (χ1n) is 9.69. The summed E-state index contributed by atoms with van der Waals surface area (Å²) in [7, 11) is 1.97. The van der Waals surface area contributed by atoms with Crippen LogP contribution < -0.4 is 9.80 Å². The topological polar surface area (TPSA) is 35.9 Å². The summed E-state index contributed by atoms with van der Waals surface area (Å²) >= 11 is 2.94. The van der Waals surface area contributed by atoms with Gasteiger partial charge in [-0.2, -0.15) is 0 Å². The second-order valence-electron chi connectivity index (χ2n) is 7.22. The van der Waals surface area contributed by atoms with E-state index in [4.69, 9.17) is 0 Å². The molecule has 1 amide bonds. The van der Waals surface area contributed by atoms with E-state index in [1.54, 1.807) is 28.8 Å². The quantitative estimate of drug-likeness (QED) is 0.431. The molecule has 4 nitrogen and oxygen atoms in total. The van der Waals surface area contributed by atoms with Crippen LogP contribution in [0.3, 0.4) is 0 Å². The Hall–Kier alpha value is -3.03. The summed E-state index contributed by atoms with van der Waals surface area (Å²) in [5, 5.41) is 1.44. The summed E-state index contributed by atoms with van der Waals surface area (Å²) in [6.45, 7) is 1.99. The molecular weight excluding hydrogens is 429 g/mol. The number of nitrogens with zero attached hydrogens (tertiary/aromatic N) is 3. The minimum absolute atomic E-state index is 0.112. The van der Waals surface area contributed by atoms with Crippen LogP contribution in [0.15, 0.2) is 92.6 Å². The van der Waals surface area contributed by atoms with E-state index in [-0.39, 0.29) is 11.7 Å². The molecule has 2 aliphatic rings. The lowest BCUT2D eigenvalue weighted by atomic mass is 10.2. The Morgan fingerprint density at radius 1 is 0.935 bits per heavy atom. The molecule has 0 atom stereocenters. The Bertz CT molecular complexity index is 1250. The summed E-state index contributed by atoms with van der Waals surface area (Å²) in [5.74, 6) is -0.433. The number of anilines is 2. The summed E-state index contributed by atoms with van der Waals surface area (Å²) in [4.78, 5) is 23.7. The normalized spacial score (nSPS) is 19.5. The Morgan fingerprint density at radius 2 is 1.71 bits per heavy atom. The number of para-hydroxylation sites is 1. The number of aliphatic imine (C=N–C) groups is 1. The molecule has 0 unspecified atom stereocenters. The van der Waals surface area contributed by atoms with Gasteiger partial charge in [-0.1, -0.05) is 36.0 Å². The maximum atomic E-state index is 13.6. The Balaban J connectivity index is 1.62. The highest BCUT2D eigenvalue weighted by atomic mass is 32.2. The molecule has 154 valence electrons. The first-order valence-corrected chi connectivity index (χ1v) is 11.3. The number of aryl methyl sites for hydroxylation is 1. The standard InChI is InChI=1S/C24H18FN3OS2/c1-15-6-5-7-18(14-15)28-22(29)21(23-27(2)19-8-3-4-9-20(19)30-23)31-24(28)26-17-12-10-16(25)11-13-17/h3-14H,1-2H3. The van der Waals surface area contributed by atoms with Crippen molar-refractivity contribution < 1.29 is 9.18 Å². The highest BCUT2D eigenvalue weighted by molar-refractivity contribution is 8.20. The maximum absolute atomic E-state index is 13.6. The highest BCUT2D eigenvalue weighted by Gasteiger charge is 2.40. The van der Waals surface area contributed by atoms with Crippen LogP contribution in [0, 0.1) is 12.7 Å². The molecule has 0 aromatic heterocycles. The molecule has 3 aromatic rings. The fraction of sp³-hybridized carbons (Fsp3) is 0.0833. The summed E-state index contributed by atoms with van der Waals surface area (Å²) in [6.07, 6.45) is 0. The predicted octanol–water partition coefficient (Wildman–Crippen LogP) is 6.31.